The first kappa shape index (κ1) is 21.1. The van der Waals surface area contributed by atoms with Gasteiger partial charge in [-0.15, -0.1) is 0 Å². The third-order valence-corrected chi connectivity index (χ3v) is 6.82. The third-order valence-electron chi connectivity index (χ3n) is 6.54. The second-order valence-electron chi connectivity index (χ2n) is 8.78. The molecule has 34 heavy (non-hydrogen) atoms. The van der Waals surface area contributed by atoms with Crippen molar-refractivity contribution >= 4 is 22.6 Å². The van der Waals surface area contributed by atoms with Gasteiger partial charge in [-0.05, 0) is 42.3 Å². The molecule has 6 rings (SSSR count). The van der Waals surface area contributed by atoms with Crippen LogP contribution in [0.15, 0.2) is 63.8 Å². The smallest absolute Gasteiger partial charge is 0.340 e. The number of rotatable bonds is 4. The number of benzene rings is 3. The Labute approximate surface area is 201 Å². The summed E-state index contributed by atoms with van der Waals surface area (Å²) in [6, 6.07) is 17.7. The van der Waals surface area contributed by atoms with Crippen LogP contribution in [-0.4, -0.2) is 13.5 Å². The zero-order valence-corrected chi connectivity index (χ0v) is 19.4. The summed E-state index contributed by atoms with van der Waals surface area (Å²) in [4.78, 5) is 14.2. The number of fused-ring (bicyclic) bond motifs is 4. The molecule has 0 saturated carbocycles. The van der Waals surface area contributed by atoms with Crippen molar-refractivity contribution < 1.29 is 23.5 Å². The lowest BCUT2D eigenvalue weighted by Gasteiger charge is -2.27. The minimum absolute atomic E-state index is 0.251. The highest BCUT2D eigenvalue weighted by atomic mass is 35.5. The fraction of sp³-hybridized carbons (Fsp3) is 0.222. The molecular weight excluding hydrogens is 454 g/mol. The Morgan fingerprint density at radius 3 is 2.65 bits per heavy atom. The molecule has 3 heterocycles. The lowest BCUT2D eigenvalue weighted by atomic mass is 9.97. The second-order valence-corrected chi connectivity index (χ2v) is 9.19. The molecule has 0 aliphatic carbocycles. The van der Waals surface area contributed by atoms with Gasteiger partial charge in [0.1, 0.15) is 13.1 Å². The monoisotopic (exact) mass is 476 g/mol. The van der Waals surface area contributed by atoms with E-state index in [4.69, 9.17) is 30.2 Å². The summed E-state index contributed by atoms with van der Waals surface area (Å²) >= 11 is 6.63. The van der Waals surface area contributed by atoms with Gasteiger partial charge in [-0.2, -0.15) is 0 Å². The Hall–Kier alpha value is -3.48. The first-order valence-electron chi connectivity index (χ1n) is 11.2. The predicted molar refractivity (Wildman–Crippen MR) is 128 cm³/mol. The van der Waals surface area contributed by atoms with Crippen molar-refractivity contribution in [3.8, 4) is 17.2 Å². The van der Waals surface area contributed by atoms with Crippen LogP contribution in [0.25, 0.3) is 11.0 Å². The summed E-state index contributed by atoms with van der Waals surface area (Å²) in [5, 5.41) is 1.38. The molecule has 0 amide bonds. The third kappa shape index (κ3) is 3.69. The molecular formula is C27H23ClNO5+. The number of halogens is 1. The highest BCUT2D eigenvalue weighted by molar-refractivity contribution is 6.33. The molecule has 7 heteroatoms. The molecule has 4 aromatic rings. The average Bonchev–Trinajstić information content (AvgIpc) is 3.31. The van der Waals surface area contributed by atoms with Gasteiger partial charge in [0.25, 0.3) is 0 Å². The molecule has 1 unspecified atom stereocenters. The van der Waals surface area contributed by atoms with Crippen LogP contribution in [-0.2, 0) is 19.5 Å². The zero-order chi connectivity index (χ0) is 23.2. The van der Waals surface area contributed by atoms with Crippen LogP contribution >= 0.6 is 11.6 Å². The van der Waals surface area contributed by atoms with E-state index < -0.39 is 0 Å². The van der Waals surface area contributed by atoms with Crippen LogP contribution in [0.2, 0.25) is 5.02 Å². The van der Waals surface area contributed by atoms with Crippen LogP contribution in [0.3, 0.4) is 0 Å². The minimum atomic E-state index is -0.318. The van der Waals surface area contributed by atoms with Gasteiger partial charge in [-0.25, -0.2) is 4.79 Å². The SMILES string of the molecule is Cc1c(Cc2ccccc2)c(=O)oc2c3c(c(Cl)cc12)OC[NH+](Cc1ccc2c(c1)OCO2)C3. The number of nitrogens with one attached hydrogen (secondary N) is 1. The van der Waals surface area contributed by atoms with Crippen LogP contribution in [0.4, 0.5) is 0 Å². The molecule has 172 valence electrons. The van der Waals surface area contributed by atoms with Crippen molar-refractivity contribution in [2.45, 2.75) is 26.4 Å². The highest BCUT2D eigenvalue weighted by Gasteiger charge is 2.29. The predicted octanol–water partition coefficient (Wildman–Crippen LogP) is 4.01. The normalized spacial score (nSPS) is 16.4. The summed E-state index contributed by atoms with van der Waals surface area (Å²) < 4.78 is 22.9. The maximum absolute atomic E-state index is 13.0. The summed E-state index contributed by atoms with van der Waals surface area (Å²) in [6.07, 6.45) is 0.512. The van der Waals surface area contributed by atoms with Crippen molar-refractivity contribution in [1.82, 2.24) is 0 Å². The Morgan fingerprint density at radius 1 is 0.971 bits per heavy atom. The molecule has 0 bridgehead atoms. The maximum atomic E-state index is 13.0. The number of hydrogen-bond acceptors (Lipinski definition) is 5. The Kier molecular flexibility index (Phi) is 5.20. The molecule has 6 nitrogen and oxygen atoms in total. The molecule has 0 radical (unpaired) electrons. The topological polar surface area (TPSA) is 62.3 Å². The molecule has 3 aromatic carbocycles. The van der Waals surface area contributed by atoms with E-state index in [0.29, 0.717) is 41.6 Å². The largest absolute Gasteiger partial charge is 0.454 e. The zero-order valence-electron chi connectivity index (χ0n) is 18.7. The molecule has 0 spiro atoms. The van der Waals surface area contributed by atoms with Gasteiger partial charge in [0, 0.05) is 22.9 Å². The van der Waals surface area contributed by atoms with Gasteiger partial charge in [-0.3, -0.25) is 4.90 Å². The molecule has 1 aromatic heterocycles. The average molecular weight is 477 g/mol. The Balaban J connectivity index is 1.36. The molecule has 1 atom stereocenters. The lowest BCUT2D eigenvalue weighted by Crippen LogP contribution is -3.10. The maximum Gasteiger partial charge on any atom is 0.340 e. The number of aryl methyl sites for hydroxylation is 1. The van der Waals surface area contributed by atoms with Gasteiger partial charge in [0.15, 0.2) is 22.8 Å². The van der Waals surface area contributed by atoms with Gasteiger partial charge in [0.05, 0.1) is 10.6 Å². The van der Waals surface area contributed by atoms with Crippen molar-refractivity contribution in [3.63, 3.8) is 0 Å². The van der Waals surface area contributed by atoms with Crippen molar-refractivity contribution in [2.24, 2.45) is 0 Å². The molecule has 2 aliphatic heterocycles. The number of hydrogen-bond donors (Lipinski definition) is 1. The van der Waals surface area contributed by atoms with E-state index in [2.05, 4.69) is 0 Å². The van der Waals surface area contributed by atoms with Crippen molar-refractivity contribution in [3.05, 3.63) is 97.9 Å². The minimum Gasteiger partial charge on any atom is -0.454 e. The fourth-order valence-corrected chi connectivity index (χ4v) is 5.06. The number of quaternary nitrogens is 1. The summed E-state index contributed by atoms with van der Waals surface area (Å²) in [5.74, 6) is 2.12. The molecule has 0 fully saturated rings. The fourth-order valence-electron chi connectivity index (χ4n) is 4.78. The van der Waals surface area contributed by atoms with E-state index in [-0.39, 0.29) is 12.4 Å². The van der Waals surface area contributed by atoms with E-state index in [1.165, 1.54) is 4.90 Å². The van der Waals surface area contributed by atoms with E-state index in [9.17, 15) is 4.79 Å². The first-order valence-corrected chi connectivity index (χ1v) is 11.6. The standard InChI is InChI=1S/C27H22ClNO5/c1-16-19-11-22(28)26-21(25(19)34-27(30)20(16)9-17-5-3-2-4-6-17)13-29(14-31-26)12-18-7-8-23-24(10-18)33-15-32-23/h2-8,10-11H,9,12-15H2,1H3/p+1. The van der Waals surface area contributed by atoms with Crippen LogP contribution in [0.1, 0.15) is 27.8 Å². The van der Waals surface area contributed by atoms with Crippen molar-refractivity contribution in [2.75, 3.05) is 13.5 Å². The van der Waals surface area contributed by atoms with Crippen molar-refractivity contribution in [1.29, 1.82) is 0 Å². The van der Waals surface area contributed by atoms with Gasteiger partial charge in [-0.1, -0.05) is 41.9 Å². The molecule has 2 aliphatic rings. The second kappa shape index (κ2) is 8.38. The van der Waals surface area contributed by atoms with Crippen LogP contribution in [0, 0.1) is 6.92 Å². The molecule has 0 saturated heterocycles. The van der Waals surface area contributed by atoms with Crippen LogP contribution in [0.5, 0.6) is 17.2 Å². The number of ether oxygens (including phenoxy) is 3. The van der Waals surface area contributed by atoms with Crippen LogP contribution < -0.4 is 24.7 Å². The highest BCUT2D eigenvalue weighted by Crippen LogP contribution is 2.38. The van der Waals surface area contributed by atoms with E-state index in [1.807, 2.05) is 61.5 Å². The summed E-state index contributed by atoms with van der Waals surface area (Å²) in [5.41, 5.74) is 4.78. The summed E-state index contributed by atoms with van der Waals surface area (Å²) in [6.45, 7) is 4.02. The lowest BCUT2D eigenvalue weighted by molar-refractivity contribution is -0.945. The Bertz CT molecular complexity index is 1460. The quantitative estimate of drug-likeness (QED) is 0.451. The first-order chi connectivity index (χ1) is 16.6. The van der Waals surface area contributed by atoms with E-state index in [0.717, 1.165) is 45.7 Å². The van der Waals surface area contributed by atoms with Gasteiger partial charge >= 0.3 is 5.63 Å². The summed E-state index contributed by atoms with van der Waals surface area (Å²) in [7, 11) is 0. The molecule has 1 N–H and O–H groups in total. The Morgan fingerprint density at radius 2 is 1.79 bits per heavy atom. The van der Waals surface area contributed by atoms with Gasteiger partial charge in [0.2, 0.25) is 13.5 Å². The van der Waals surface area contributed by atoms with Gasteiger partial charge < -0.3 is 18.6 Å². The van der Waals surface area contributed by atoms with E-state index >= 15 is 0 Å². The van der Waals surface area contributed by atoms with E-state index in [1.54, 1.807) is 0 Å².